The molecule has 0 amide bonds. The lowest BCUT2D eigenvalue weighted by Crippen LogP contribution is -2.19. The minimum atomic E-state index is -0.123. The summed E-state index contributed by atoms with van der Waals surface area (Å²) in [5.41, 5.74) is 6.08. The Balaban J connectivity index is 2.13. The predicted molar refractivity (Wildman–Crippen MR) is 50.6 cm³/mol. The summed E-state index contributed by atoms with van der Waals surface area (Å²) in [5.74, 6) is -0.121. The average Bonchev–Trinajstić information content (AvgIpc) is 2.73. The summed E-state index contributed by atoms with van der Waals surface area (Å²) in [6, 6.07) is 0.000575. The van der Waals surface area contributed by atoms with Gasteiger partial charge < -0.3 is 5.73 Å². The number of carbonyl (C=O) groups excluding carboxylic acids is 1. The highest BCUT2D eigenvalue weighted by Gasteiger charge is 2.25. The highest BCUT2D eigenvalue weighted by Crippen LogP contribution is 2.19. The molecule has 0 radical (unpaired) electrons. The first-order valence-electron chi connectivity index (χ1n) is 4.51. The van der Waals surface area contributed by atoms with Gasteiger partial charge in [-0.3, -0.25) is 4.79 Å². The van der Waals surface area contributed by atoms with Gasteiger partial charge in [0.25, 0.3) is 0 Å². The first-order valence-corrected chi connectivity index (χ1v) is 4.51. The maximum Gasteiger partial charge on any atom is 0.191 e. The highest BCUT2D eigenvalue weighted by atomic mass is 16.1. The molecular weight excluding hydrogens is 180 g/mol. The second kappa shape index (κ2) is 3.34. The van der Waals surface area contributed by atoms with Gasteiger partial charge in [-0.25, -0.2) is 0 Å². The first kappa shape index (κ1) is 9.08. The maximum absolute atomic E-state index is 11.8. The van der Waals surface area contributed by atoms with E-state index in [4.69, 9.17) is 5.73 Å². The molecule has 2 unspecified atom stereocenters. The van der Waals surface area contributed by atoms with E-state index in [2.05, 4.69) is 10.2 Å². The van der Waals surface area contributed by atoms with Gasteiger partial charge in [-0.05, 0) is 6.42 Å². The highest BCUT2D eigenvalue weighted by molar-refractivity contribution is 5.97. The van der Waals surface area contributed by atoms with Crippen LogP contribution in [0.3, 0.4) is 0 Å². The van der Waals surface area contributed by atoms with Gasteiger partial charge >= 0.3 is 0 Å². The quantitative estimate of drug-likeness (QED) is 0.524. The molecule has 1 aromatic rings. The molecule has 0 aliphatic heterocycles. The molecule has 5 heteroatoms. The molecular formula is C9H12N4O. The number of nitrogens with two attached hydrogens (primary N) is 1. The summed E-state index contributed by atoms with van der Waals surface area (Å²) >= 11 is 0. The predicted octanol–water partition coefficient (Wildman–Crippen LogP) is -0.0988. The molecule has 0 saturated carbocycles. The van der Waals surface area contributed by atoms with Gasteiger partial charge in [0.2, 0.25) is 0 Å². The van der Waals surface area contributed by atoms with Gasteiger partial charge in [-0.1, -0.05) is 12.2 Å². The largest absolute Gasteiger partial charge is 0.324 e. The van der Waals surface area contributed by atoms with Crippen molar-refractivity contribution in [2.45, 2.75) is 12.5 Å². The summed E-state index contributed by atoms with van der Waals surface area (Å²) in [7, 11) is 1.69. The number of Topliss-reactive ketones (excluding diaryl/α,β-unsaturated/α-hetero) is 1. The van der Waals surface area contributed by atoms with Crippen molar-refractivity contribution in [2.24, 2.45) is 18.7 Å². The zero-order valence-electron chi connectivity index (χ0n) is 7.92. The molecule has 2 N–H and O–H groups in total. The minimum absolute atomic E-state index is 0.000575. The fraction of sp³-hybridized carbons (Fsp3) is 0.444. The SMILES string of the molecule is Cn1ncc(C(=O)C2C=CC(N)C2)n1. The third-order valence-corrected chi connectivity index (χ3v) is 2.31. The summed E-state index contributed by atoms with van der Waals surface area (Å²) in [5, 5.41) is 7.82. The lowest BCUT2D eigenvalue weighted by atomic mass is 10.0. The first-order chi connectivity index (χ1) is 6.66. The Kier molecular flexibility index (Phi) is 2.17. The third kappa shape index (κ3) is 1.58. The van der Waals surface area contributed by atoms with E-state index in [0.717, 1.165) is 0 Å². The second-order valence-electron chi connectivity index (χ2n) is 3.47. The average molecular weight is 192 g/mol. The van der Waals surface area contributed by atoms with Crippen LogP contribution in [-0.4, -0.2) is 26.8 Å². The van der Waals surface area contributed by atoms with E-state index in [9.17, 15) is 4.79 Å². The van der Waals surface area contributed by atoms with Crippen LogP contribution >= 0.6 is 0 Å². The van der Waals surface area contributed by atoms with Gasteiger partial charge in [0, 0.05) is 19.0 Å². The molecule has 2 atom stereocenters. The van der Waals surface area contributed by atoms with Crippen LogP contribution in [0.15, 0.2) is 18.3 Å². The van der Waals surface area contributed by atoms with E-state index < -0.39 is 0 Å². The zero-order valence-corrected chi connectivity index (χ0v) is 7.92. The number of hydrogen-bond donors (Lipinski definition) is 1. The molecule has 0 aromatic carbocycles. The van der Waals surface area contributed by atoms with Crippen LogP contribution in [0.1, 0.15) is 16.9 Å². The van der Waals surface area contributed by atoms with Gasteiger partial charge in [-0.15, -0.1) is 0 Å². The van der Waals surface area contributed by atoms with Crippen molar-refractivity contribution < 1.29 is 4.79 Å². The number of allylic oxidation sites excluding steroid dienone is 1. The number of carbonyl (C=O) groups is 1. The van der Waals surface area contributed by atoms with Gasteiger partial charge in [-0.2, -0.15) is 15.0 Å². The fourth-order valence-electron chi connectivity index (χ4n) is 1.57. The summed E-state index contributed by atoms with van der Waals surface area (Å²) in [4.78, 5) is 13.2. The molecule has 1 heterocycles. The number of hydrogen-bond acceptors (Lipinski definition) is 4. The van der Waals surface area contributed by atoms with Crippen LogP contribution in [-0.2, 0) is 7.05 Å². The second-order valence-corrected chi connectivity index (χ2v) is 3.47. The normalized spacial score (nSPS) is 25.6. The molecule has 74 valence electrons. The van der Waals surface area contributed by atoms with Gasteiger partial charge in [0.05, 0.1) is 6.20 Å². The summed E-state index contributed by atoms with van der Waals surface area (Å²) in [6.07, 6.45) is 5.87. The van der Waals surface area contributed by atoms with Crippen molar-refractivity contribution in [2.75, 3.05) is 0 Å². The maximum atomic E-state index is 11.8. The Labute approximate surface area is 81.6 Å². The van der Waals surface area contributed by atoms with Crippen molar-refractivity contribution in [1.82, 2.24) is 15.0 Å². The lowest BCUT2D eigenvalue weighted by Gasteiger charge is -2.04. The molecule has 14 heavy (non-hydrogen) atoms. The Morgan fingerprint density at radius 1 is 1.64 bits per heavy atom. The number of ketones is 1. The zero-order chi connectivity index (χ0) is 10.1. The molecule has 5 nitrogen and oxygen atoms in total. The van der Waals surface area contributed by atoms with Crippen molar-refractivity contribution >= 4 is 5.78 Å². The molecule has 0 fully saturated rings. The smallest absolute Gasteiger partial charge is 0.191 e. The number of aryl methyl sites for hydroxylation is 1. The molecule has 0 spiro atoms. The van der Waals surface area contributed by atoms with Crippen LogP contribution in [0.2, 0.25) is 0 Å². The molecule has 1 aromatic heterocycles. The van der Waals surface area contributed by atoms with E-state index in [1.165, 1.54) is 11.0 Å². The summed E-state index contributed by atoms with van der Waals surface area (Å²) < 4.78 is 0. The van der Waals surface area contributed by atoms with Crippen molar-refractivity contribution in [3.8, 4) is 0 Å². The van der Waals surface area contributed by atoms with E-state index in [1.54, 1.807) is 7.05 Å². The van der Waals surface area contributed by atoms with E-state index >= 15 is 0 Å². The standard InChI is InChI=1S/C9H12N4O/c1-13-11-5-8(12-13)9(14)6-2-3-7(10)4-6/h2-3,5-7H,4,10H2,1H3. The van der Waals surface area contributed by atoms with E-state index in [1.807, 2.05) is 12.2 Å². The Hall–Kier alpha value is -1.49. The van der Waals surface area contributed by atoms with Crippen LogP contribution in [0.4, 0.5) is 0 Å². The minimum Gasteiger partial charge on any atom is -0.324 e. The monoisotopic (exact) mass is 192 g/mol. The Bertz CT molecular complexity index is 382. The lowest BCUT2D eigenvalue weighted by molar-refractivity contribution is 0.0937. The fourth-order valence-corrected chi connectivity index (χ4v) is 1.57. The third-order valence-electron chi connectivity index (χ3n) is 2.31. The topological polar surface area (TPSA) is 73.8 Å². The Morgan fingerprint density at radius 3 is 2.93 bits per heavy atom. The van der Waals surface area contributed by atoms with Crippen molar-refractivity contribution in [3.63, 3.8) is 0 Å². The van der Waals surface area contributed by atoms with Gasteiger partial charge in [0.15, 0.2) is 5.78 Å². The van der Waals surface area contributed by atoms with Crippen molar-refractivity contribution in [1.29, 1.82) is 0 Å². The number of nitrogens with zero attached hydrogens (tertiary/aromatic N) is 3. The summed E-state index contributed by atoms with van der Waals surface area (Å²) in [6.45, 7) is 0. The number of aromatic nitrogens is 3. The van der Waals surface area contributed by atoms with Crippen LogP contribution in [0.25, 0.3) is 0 Å². The van der Waals surface area contributed by atoms with Crippen LogP contribution < -0.4 is 5.73 Å². The Morgan fingerprint density at radius 2 is 2.43 bits per heavy atom. The molecule has 0 bridgehead atoms. The molecule has 1 aliphatic carbocycles. The molecule has 0 saturated heterocycles. The van der Waals surface area contributed by atoms with E-state index in [0.29, 0.717) is 12.1 Å². The van der Waals surface area contributed by atoms with Crippen LogP contribution in [0.5, 0.6) is 0 Å². The number of rotatable bonds is 2. The molecule has 2 rings (SSSR count). The van der Waals surface area contributed by atoms with Crippen molar-refractivity contribution in [3.05, 3.63) is 24.0 Å². The van der Waals surface area contributed by atoms with E-state index in [-0.39, 0.29) is 17.7 Å². The molecule has 1 aliphatic rings. The van der Waals surface area contributed by atoms with Gasteiger partial charge in [0.1, 0.15) is 5.69 Å². The van der Waals surface area contributed by atoms with Crippen LogP contribution in [0, 0.1) is 5.92 Å².